The molecule has 1 aromatic carbocycles. The third kappa shape index (κ3) is 4.74. The largest absolute Gasteiger partial charge is 0.494 e. The zero-order valence-electron chi connectivity index (χ0n) is 9.90. The van der Waals surface area contributed by atoms with Crippen LogP contribution in [0.15, 0.2) is 24.3 Å². The highest BCUT2D eigenvalue weighted by Gasteiger charge is 2.04. The molecule has 0 saturated carbocycles. The average Bonchev–Trinajstić information content (AvgIpc) is 2.35. The number of nitrogens with one attached hydrogen (secondary N) is 2. The van der Waals surface area contributed by atoms with Gasteiger partial charge in [-0.25, -0.2) is 4.79 Å². The summed E-state index contributed by atoms with van der Waals surface area (Å²) in [6.07, 6.45) is 0. The van der Waals surface area contributed by atoms with Crippen molar-refractivity contribution in [2.45, 2.75) is 13.5 Å². The maximum Gasteiger partial charge on any atom is 0.315 e. The summed E-state index contributed by atoms with van der Waals surface area (Å²) in [7, 11) is 0. The van der Waals surface area contributed by atoms with Crippen LogP contribution in [-0.4, -0.2) is 30.9 Å². The third-order valence-corrected chi connectivity index (χ3v) is 2.11. The van der Waals surface area contributed by atoms with E-state index >= 15 is 0 Å². The number of amides is 2. The maximum atomic E-state index is 11.3. The summed E-state index contributed by atoms with van der Waals surface area (Å²) in [5.74, 6) is 0.775. The zero-order chi connectivity index (χ0) is 12.5. The zero-order valence-corrected chi connectivity index (χ0v) is 9.90. The number of aliphatic hydroxyl groups is 1. The molecule has 1 aromatic rings. The Kier molecular flexibility index (Phi) is 5.88. The van der Waals surface area contributed by atoms with Crippen LogP contribution in [0.5, 0.6) is 5.75 Å². The first-order valence-corrected chi connectivity index (χ1v) is 5.61. The van der Waals surface area contributed by atoms with Gasteiger partial charge >= 0.3 is 6.03 Å². The third-order valence-electron chi connectivity index (χ3n) is 2.11. The van der Waals surface area contributed by atoms with Gasteiger partial charge in [0.05, 0.1) is 13.2 Å². The van der Waals surface area contributed by atoms with E-state index in [-0.39, 0.29) is 19.2 Å². The highest BCUT2D eigenvalue weighted by molar-refractivity contribution is 5.73. The monoisotopic (exact) mass is 238 g/mol. The lowest BCUT2D eigenvalue weighted by molar-refractivity contribution is 0.233. The highest BCUT2D eigenvalue weighted by atomic mass is 16.5. The van der Waals surface area contributed by atoms with Gasteiger partial charge in [-0.1, -0.05) is 18.2 Å². The average molecular weight is 238 g/mol. The molecule has 0 heterocycles. The van der Waals surface area contributed by atoms with Gasteiger partial charge in [0, 0.05) is 18.7 Å². The molecule has 0 saturated heterocycles. The van der Waals surface area contributed by atoms with E-state index in [2.05, 4.69) is 10.6 Å². The van der Waals surface area contributed by atoms with E-state index in [1.807, 2.05) is 31.2 Å². The molecule has 5 heteroatoms. The molecule has 5 nitrogen and oxygen atoms in total. The fourth-order valence-corrected chi connectivity index (χ4v) is 1.35. The fraction of sp³-hybridized carbons (Fsp3) is 0.417. The molecule has 94 valence electrons. The second-order valence-electron chi connectivity index (χ2n) is 3.37. The van der Waals surface area contributed by atoms with Gasteiger partial charge < -0.3 is 20.5 Å². The smallest absolute Gasteiger partial charge is 0.315 e. The van der Waals surface area contributed by atoms with Crippen molar-refractivity contribution in [2.75, 3.05) is 19.8 Å². The van der Waals surface area contributed by atoms with Gasteiger partial charge in [0.1, 0.15) is 5.75 Å². The van der Waals surface area contributed by atoms with Gasteiger partial charge in [-0.05, 0) is 13.0 Å². The summed E-state index contributed by atoms with van der Waals surface area (Å²) in [5.41, 5.74) is 0.925. The van der Waals surface area contributed by atoms with E-state index in [4.69, 9.17) is 9.84 Å². The van der Waals surface area contributed by atoms with Gasteiger partial charge in [0.25, 0.3) is 0 Å². The number of ether oxygens (including phenoxy) is 1. The fourth-order valence-electron chi connectivity index (χ4n) is 1.35. The van der Waals surface area contributed by atoms with Crippen molar-refractivity contribution in [3.63, 3.8) is 0 Å². The van der Waals surface area contributed by atoms with E-state index in [0.717, 1.165) is 11.3 Å². The van der Waals surface area contributed by atoms with Crippen molar-refractivity contribution >= 4 is 6.03 Å². The Balaban J connectivity index is 2.47. The van der Waals surface area contributed by atoms with Gasteiger partial charge in [-0.3, -0.25) is 0 Å². The molecule has 0 atom stereocenters. The van der Waals surface area contributed by atoms with Crippen LogP contribution in [0.25, 0.3) is 0 Å². The molecular weight excluding hydrogens is 220 g/mol. The lowest BCUT2D eigenvalue weighted by Gasteiger charge is -2.11. The predicted molar refractivity (Wildman–Crippen MR) is 64.9 cm³/mol. The van der Waals surface area contributed by atoms with Crippen LogP contribution < -0.4 is 15.4 Å². The first kappa shape index (κ1) is 13.3. The SMILES string of the molecule is CCOc1ccccc1CNC(=O)NCCO. The number of carbonyl (C=O) groups is 1. The normalized spacial score (nSPS) is 9.76. The number of carbonyl (C=O) groups excluding carboxylic acids is 1. The summed E-state index contributed by atoms with van der Waals surface area (Å²) in [6.45, 7) is 3.08. The standard InChI is InChI=1S/C12H18N2O3/c1-2-17-11-6-4-3-5-10(11)9-14-12(16)13-7-8-15/h3-6,15H,2,7-9H2,1H3,(H2,13,14,16). The Labute approximate surface area is 101 Å². The summed E-state index contributed by atoms with van der Waals surface area (Å²) in [6, 6.07) is 7.25. The molecule has 0 fully saturated rings. The van der Waals surface area contributed by atoms with Gasteiger partial charge in [-0.2, -0.15) is 0 Å². The Morgan fingerprint density at radius 2 is 2.12 bits per heavy atom. The first-order valence-electron chi connectivity index (χ1n) is 5.61. The Bertz CT molecular complexity index is 355. The molecule has 2 amide bonds. The summed E-state index contributed by atoms with van der Waals surface area (Å²) >= 11 is 0. The Morgan fingerprint density at radius 1 is 1.35 bits per heavy atom. The number of benzene rings is 1. The van der Waals surface area contributed by atoms with Crippen LogP contribution >= 0.6 is 0 Å². The molecule has 0 unspecified atom stereocenters. The van der Waals surface area contributed by atoms with Crippen LogP contribution in [0.2, 0.25) is 0 Å². The number of para-hydroxylation sites is 1. The summed E-state index contributed by atoms with van der Waals surface area (Å²) in [4.78, 5) is 11.3. The van der Waals surface area contributed by atoms with E-state index < -0.39 is 0 Å². The predicted octanol–water partition coefficient (Wildman–Crippen LogP) is 0.877. The van der Waals surface area contributed by atoms with Crippen LogP contribution in [0.1, 0.15) is 12.5 Å². The molecule has 0 aromatic heterocycles. The first-order chi connectivity index (χ1) is 8.27. The van der Waals surface area contributed by atoms with Crippen molar-refractivity contribution in [1.29, 1.82) is 0 Å². The quantitative estimate of drug-likeness (QED) is 0.689. The summed E-state index contributed by atoms with van der Waals surface area (Å²) in [5, 5.41) is 13.8. The molecule has 3 N–H and O–H groups in total. The lowest BCUT2D eigenvalue weighted by Crippen LogP contribution is -2.36. The molecule has 0 radical (unpaired) electrons. The molecule has 0 aliphatic heterocycles. The van der Waals surface area contributed by atoms with Crippen LogP contribution in [0.4, 0.5) is 4.79 Å². The molecule has 0 aliphatic carbocycles. The highest BCUT2D eigenvalue weighted by Crippen LogP contribution is 2.17. The number of hydrogen-bond donors (Lipinski definition) is 3. The van der Waals surface area contributed by atoms with E-state index in [1.54, 1.807) is 0 Å². The molecular formula is C12H18N2O3. The number of hydrogen-bond acceptors (Lipinski definition) is 3. The van der Waals surface area contributed by atoms with Crippen molar-refractivity contribution in [3.05, 3.63) is 29.8 Å². The van der Waals surface area contributed by atoms with E-state index in [9.17, 15) is 4.79 Å². The molecule has 1 rings (SSSR count). The minimum absolute atomic E-state index is 0.0665. The van der Waals surface area contributed by atoms with Crippen LogP contribution in [0.3, 0.4) is 0 Å². The molecule has 17 heavy (non-hydrogen) atoms. The minimum atomic E-state index is -0.301. The van der Waals surface area contributed by atoms with Crippen molar-refractivity contribution in [3.8, 4) is 5.75 Å². The van der Waals surface area contributed by atoms with E-state index in [0.29, 0.717) is 13.2 Å². The number of rotatable bonds is 6. The molecule has 0 spiro atoms. The van der Waals surface area contributed by atoms with E-state index in [1.165, 1.54) is 0 Å². The Morgan fingerprint density at radius 3 is 2.82 bits per heavy atom. The second-order valence-corrected chi connectivity index (χ2v) is 3.37. The molecule has 0 aliphatic rings. The lowest BCUT2D eigenvalue weighted by atomic mass is 10.2. The number of aliphatic hydroxyl groups excluding tert-OH is 1. The van der Waals surface area contributed by atoms with Crippen LogP contribution in [-0.2, 0) is 6.54 Å². The number of urea groups is 1. The van der Waals surface area contributed by atoms with Crippen molar-refractivity contribution in [2.24, 2.45) is 0 Å². The van der Waals surface area contributed by atoms with Crippen molar-refractivity contribution < 1.29 is 14.6 Å². The van der Waals surface area contributed by atoms with Gasteiger partial charge in [0.15, 0.2) is 0 Å². The van der Waals surface area contributed by atoms with Gasteiger partial charge in [-0.15, -0.1) is 0 Å². The maximum absolute atomic E-state index is 11.3. The van der Waals surface area contributed by atoms with Crippen LogP contribution in [0, 0.1) is 0 Å². The summed E-state index contributed by atoms with van der Waals surface area (Å²) < 4.78 is 5.44. The molecule has 0 bridgehead atoms. The topological polar surface area (TPSA) is 70.6 Å². The van der Waals surface area contributed by atoms with Crippen molar-refractivity contribution in [1.82, 2.24) is 10.6 Å². The van der Waals surface area contributed by atoms with Gasteiger partial charge in [0.2, 0.25) is 0 Å². The second kappa shape index (κ2) is 7.51. The Hall–Kier alpha value is -1.75. The minimum Gasteiger partial charge on any atom is -0.494 e.